The zero-order valence-electron chi connectivity index (χ0n) is 13.5. The first kappa shape index (κ1) is 16.2. The number of hydrogen-bond acceptors (Lipinski definition) is 2. The van der Waals surface area contributed by atoms with Crippen molar-refractivity contribution in [1.29, 1.82) is 0 Å². The summed E-state index contributed by atoms with van der Waals surface area (Å²) in [6.45, 7) is 9.98. The molecule has 2 nitrogen and oxygen atoms in total. The van der Waals surface area contributed by atoms with E-state index in [4.69, 9.17) is 0 Å². The van der Waals surface area contributed by atoms with Gasteiger partial charge in [0.15, 0.2) is 0 Å². The lowest BCUT2D eigenvalue weighted by Crippen LogP contribution is -2.47. The van der Waals surface area contributed by atoms with Crippen LogP contribution in [0.3, 0.4) is 0 Å². The molecular weight excluding hydrogens is 232 g/mol. The molecule has 108 valence electrons. The van der Waals surface area contributed by atoms with Crippen molar-refractivity contribution >= 4 is 0 Å². The smallest absolute Gasteiger partial charge is 0.0318 e. The average molecular weight is 262 g/mol. The molecule has 0 bridgehead atoms. The summed E-state index contributed by atoms with van der Waals surface area (Å²) in [5.74, 6) is 0. The maximum Gasteiger partial charge on any atom is 0.0318 e. The first-order valence-corrected chi connectivity index (χ1v) is 7.40. The topological polar surface area (TPSA) is 15.3 Å². The van der Waals surface area contributed by atoms with Gasteiger partial charge >= 0.3 is 0 Å². The summed E-state index contributed by atoms with van der Waals surface area (Å²) >= 11 is 0. The van der Waals surface area contributed by atoms with Crippen LogP contribution in [0.25, 0.3) is 0 Å². The van der Waals surface area contributed by atoms with Gasteiger partial charge in [-0.2, -0.15) is 0 Å². The van der Waals surface area contributed by atoms with Crippen LogP contribution in [0.2, 0.25) is 0 Å². The lowest BCUT2D eigenvalue weighted by molar-refractivity contribution is 0.183. The molecule has 0 aliphatic heterocycles. The standard InChI is InChI=1S/C17H30N2/c1-7-14-9-11-15(12-10-14)16(8-2)18-13-17(3,4)19(5)6/h9-12,16,18H,7-8,13H2,1-6H3. The van der Waals surface area contributed by atoms with Crippen molar-refractivity contribution < 1.29 is 0 Å². The summed E-state index contributed by atoms with van der Waals surface area (Å²) in [5.41, 5.74) is 2.98. The van der Waals surface area contributed by atoms with Gasteiger partial charge in [-0.15, -0.1) is 0 Å². The van der Waals surface area contributed by atoms with Gasteiger partial charge in [-0.1, -0.05) is 38.1 Å². The Kier molecular flexibility index (Phi) is 6.02. The maximum atomic E-state index is 3.70. The summed E-state index contributed by atoms with van der Waals surface area (Å²) in [6.07, 6.45) is 2.23. The van der Waals surface area contributed by atoms with Crippen LogP contribution in [0.4, 0.5) is 0 Å². The van der Waals surface area contributed by atoms with Crippen molar-refractivity contribution in [2.24, 2.45) is 0 Å². The number of nitrogens with zero attached hydrogens (tertiary/aromatic N) is 1. The van der Waals surface area contributed by atoms with Crippen LogP contribution in [-0.4, -0.2) is 31.1 Å². The first-order valence-electron chi connectivity index (χ1n) is 7.40. The molecule has 1 unspecified atom stereocenters. The largest absolute Gasteiger partial charge is 0.308 e. The van der Waals surface area contributed by atoms with Gasteiger partial charge in [-0.25, -0.2) is 0 Å². The van der Waals surface area contributed by atoms with Gasteiger partial charge < -0.3 is 10.2 Å². The fraction of sp³-hybridized carbons (Fsp3) is 0.647. The molecule has 0 saturated heterocycles. The molecule has 2 heteroatoms. The molecule has 0 amide bonds. The van der Waals surface area contributed by atoms with E-state index in [-0.39, 0.29) is 5.54 Å². The average Bonchev–Trinajstić information content (AvgIpc) is 2.40. The molecule has 0 aliphatic carbocycles. The quantitative estimate of drug-likeness (QED) is 0.807. The molecule has 1 rings (SSSR count). The molecule has 0 spiro atoms. The van der Waals surface area contributed by atoms with Crippen LogP contribution in [0, 0.1) is 0 Å². The zero-order valence-corrected chi connectivity index (χ0v) is 13.5. The van der Waals surface area contributed by atoms with Gasteiger partial charge in [0.25, 0.3) is 0 Å². The van der Waals surface area contributed by atoms with Crippen LogP contribution in [0.1, 0.15) is 51.3 Å². The lowest BCUT2D eigenvalue weighted by Gasteiger charge is -2.34. The van der Waals surface area contributed by atoms with Gasteiger partial charge in [0, 0.05) is 18.1 Å². The fourth-order valence-corrected chi connectivity index (χ4v) is 2.01. The molecule has 0 aliphatic rings. The van der Waals surface area contributed by atoms with Gasteiger partial charge in [0.1, 0.15) is 0 Å². The molecule has 1 aromatic carbocycles. The highest BCUT2D eigenvalue weighted by molar-refractivity contribution is 5.25. The molecular formula is C17H30N2. The lowest BCUT2D eigenvalue weighted by atomic mass is 9.99. The highest BCUT2D eigenvalue weighted by atomic mass is 15.2. The van der Waals surface area contributed by atoms with Crippen molar-refractivity contribution in [2.45, 2.75) is 52.1 Å². The van der Waals surface area contributed by atoms with E-state index in [1.54, 1.807) is 0 Å². The Labute approximate surface area is 119 Å². The summed E-state index contributed by atoms with van der Waals surface area (Å²) in [6, 6.07) is 9.48. The number of benzene rings is 1. The van der Waals surface area contributed by atoms with Crippen LogP contribution in [0.15, 0.2) is 24.3 Å². The summed E-state index contributed by atoms with van der Waals surface area (Å²) in [4.78, 5) is 2.27. The van der Waals surface area contributed by atoms with E-state index in [2.05, 4.69) is 76.3 Å². The minimum absolute atomic E-state index is 0.177. The SMILES string of the molecule is CCc1ccc(C(CC)NCC(C)(C)N(C)C)cc1. The van der Waals surface area contributed by atoms with Crippen molar-refractivity contribution in [3.63, 3.8) is 0 Å². The second-order valence-electron chi connectivity index (χ2n) is 6.14. The predicted octanol–water partition coefficient (Wildman–Crippen LogP) is 3.63. The third-order valence-corrected chi connectivity index (χ3v) is 4.19. The van der Waals surface area contributed by atoms with Gasteiger partial charge in [0.05, 0.1) is 0 Å². The van der Waals surface area contributed by atoms with Gasteiger partial charge in [-0.05, 0) is 51.9 Å². The molecule has 1 N–H and O–H groups in total. The first-order chi connectivity index (χ1) is 8.90. The zero-order chi connectivity index (χ0) is 14.5. The number of nitrogens with one attached hydrogen (secondary N) is 1. The Morgan fingerprint density at radius 1 is 1.11 bits per heavy atom. The molecule has 0 radical (unpaired) electrons. The normalized spacial score (nSPS) is 13.8. The molecule has 1 atom stereocenters. The molecule has 1 aromatic rings. The van der Waals surface area contributed by atoms with Gasteiger partial charge in [0.2, 0.25) is 0 Å². The molecule has 0 aromatic heterocycles. The summed E-state index contributed by atoms with van der Waals surface area (Å²) in [7, 11) is 4.28. The van der Waals surface area contributed by atoms with E-state index in [0.29, 0.717) is 6.04 Å². The molecule has 19 heavy (non-hydrogen) atoms. The van der Waals surface area contributed by atoms with Crippen molar-refractivity contribution in [2.75, 3.05) is 20.6 Å². The second-order valence-corrected chi connectivity index (χ2v) is 6.14. The summed E-state index contributed by atoms with van der Waals surface area (Å²) in [5, 5.41) is 3.70. The molecule has 0 heterocycles. The minimum Gasteiger partial charge on any atom is -0.308 e. The Bertz CT molecular complexity index is 365. The predicted molar refractivity (Wildman–Crippen MR) is 84.6 cm³/mol. The van der Waals surface area contributed by atoms with E-state index in [1.165, 1.54) is 11.1 Å². The van der Waals surface area contributed by atoms with Crippen LogP contribution in [0.5, 0.6) is 0 Å². The maximum absolute atomic E-state index is 3.70. The second kappa shape index (κ2) is 7.06. The molecule has 0 saturated carbocycles. The number of hydrogen-bond donors (Lipinski definition) is 1. The van der Waals surface area contributed by atoms with E-state index in [1.807, 2.05) is 0 Å². The number of aryl methyl sites for hydroxylation is 1. The van der Waals surface area contributed by atoms with Crippen LogP contribution >= 0.6 is 0 Å². The Balaban J connectivity index is 2.67. The minimum atomic E-state index is 0.177. The van der Waals surface area contributed by atoms with Crippen LogP contribution < -0.4 is 5.32 Å². The van der Waals surface area contributed by atoms with E-state index >= 15 is 0 Å². The van der Waals surface area contributed by atoms with E-state index < -0.39 is 0 Å². The summed E-state index contributed by atoms with van der Waals surface area (Å²) < 4.78 is 0. The number of rotatable bonds is 7. The Morgan fingerprint density at radius 2 is 1.68 bits per heavy atom. The van der Waals surface area contributed by atoms with Crippen LogP contribution in [-0.2, 0) is 6.42 Å². The Morgan fingerprint density at radius 3 is 2.11 bits per heavy atom. The van der Waals surface area contributed by atoms with E-state index in [0.717, 1.165) is 19.4 Å². The number of likely N-dealkylation sites (N-methyl/N-ethyl adjacent to an activating group) is 1. The Hall–Kier alpha value is -0.860. The van der Waals surface area contributed by atoms with Gasteiger partial charge in [-0.3, -0.25) is 0 Å². The van der Waals surface area contributed by atoms with Crippen molar-refractivity contribution in [3.8, 4) is 0 Å². The molecule has 0 fully saturated rings. The van der Waals surface area contributed by atoms with E-state index in [9.17, 15) is 0 Å². The fourth-order valence-electron chi connectivity index (χ4n) is 2.01. The van der Waals surface area contributed by atoms with Crippen molar-refractivity contribution in [3.05, 3.63) is 35.4 Å². The monoisotopic (exact) mass is 262 g/mol. The van der Waals surface area contributed by atoms with Crippen molar-refractivity contribution in [1.82, 2.24) is 10.2 Å². The highest BCUT2D eigenvalue weighted by Crippen LogP contribution is 2.19. The third-order valence-electron chi connectivity index (χ3n) is 4.19. The highest BCUT2D eigenvalue weighted by Gasteiger charge is 2.21. The third kappa shape index (κ3) is 4.63.